The zero-order chi connectivity index (χ0) is 10.4. The van der Waals surface area contributed by atoms with Gasteiger partial charge in [0, 0.05) is 32.5 Å². The van der Waals surface area contributed by atoms with E-state index in [1.165, 1.54) is 6.20 Å². The normalized spacial score (nSPS) is 10.1. The van der Waals surface area contributed by atoms with Crippen LogP contribution in [0.25, 0.3) is 0 Å². The Kier molecular flexibility index (Phi) is 4.12. The maximum Gasteiger partial charge on any atom is 0.290 e. The topological polar surface area (TPSA) is 61.0 Å². The van der Waals surface area contributed by atoms with Gasteiger partial charge in [-0.2, -0.15) is 0 Å². The molecule has 1 rings (SSSR count). The summed E-state index contributed by atoms with van der Waals surface area (Å²) in [6, 6.07) is 0. The number of hydrogen-bond acceptors (Lipinski definition) is 4. The van der Waals surface area contributed by atoms with Gasteiger partial charge in [-0.3, -0.25) is 4.79 Å². The molecule has 0 saturated carbocycles. The minimum absolute atomic E-state index is 0.147. The quantitative estimate of drug-likeness (QED) is 0.641. The summed E-state index contributed by atoms with van der Waals surface area (Å²) in [6.07, 6.45) is 3.12. The monoisotopic (exact) mass is 196 g/mol. The summed E-state index contributed by atoms with van der Waals surface area (Å²) in [5, 5.41) is 3.19. The van der Waals surface area contributed by atoms with Gasteiger partial charge in [0.25, 0.3) is 5.56 Å². The molecule has 1 heterocycles. The Morgan fingerprint density at radius 2 is 2.43 bits per heavy atom. The van der Waals surface area contributed by atoms with Crippen molar-refractivity contribution in [3.63, 3.8) is 0 Å². The number of nitrogens with one attached hydrogen (secondary N) is 2. The Morgan fingerprint density at radius 1 is 1.64 bits per heavy atom. The number of nitrogens with zero attached hydrogens (tertiary/aromatic N) is 2. The molecule has 2 N–H and O–H groups in total. The zero-order valence-electron chi connectivity index (χ0n) is 8.58. The number of hydrogen-bond donors (Lipinski definition) is 2. The van der Waals surface area contributed by atoms with Crippen LogP contribution < -0.4 is 15.8 Å². The van der Waals surface area contributed by atoms with Gasteiger partial charge in [0.1, 0.15) is 0 Å². The predicted molar refractivity (Wildman–Crippen MR) is 56.7 cm³/mol. The van der Waals surface area contributed by atoms with Crippen molar-refractivity contribution in [1.82, 2.24) is 15.3 Å². The average Bonchev–Trinajstić information content (AvgIpc) is 2.18. The van der Waals surface area contributed by atoms with Crippen molar-refractivity contribution < 1.29 is 0 Å². The summed E-state index contributed by atoms with van der Waals surface area (Å²) in [4.78, 5) is 19.8. The maximum absolute atomic E-state index is 11.3. The minimum Gasteiger partial charge on any atom is -0.354 e. The summed E-state index contributed by atoms with van der Waals surface area (Å²) in [6.45, 7) is 4.61. The van der Waals surface area contributed by atoms with Crippen LogP contribution in [0.4, 0.5) is 5.82 Å². The Labute approximate surface area is 83.2 Å². The molecule has 5 heteroatoms. The van der Waals surface area contributed by atoms with Gasteiger partial charge in [-0.15, -0.1) is 0 Å². The first kappa shape index (κ1) is 10.7. The average molecular weight is 196 g/mol. The SMILES string of the molecule is CCNCCN(C)c1ncc[nH]c1=O. The van der Waals surface area contributed by atoms with Crippen molar-refractivity contribution in [2.45, 2.75) is 6.92 Å². The van der Waals surface area contributed by atoms with Crippen molar-refractivity contribution in [1.29, 1.82) is 0 Å². The first-order chi connectivity index (χ1) is 6.75. The Hall–Kier alpha value is -1.36. The molecule has 5 nitrogen and oxygen atoms in total. The molecule has 1 aromatic heterocycles. The predicted octanol–water partition coefficient (Wildman–Crippen LogP) is -0.184. The van der Waals surface area contributed by atoms with Gasteiger partial charge in [-0.25, -0.2) is 4.98 Å². The molecule has 14 heavy (non-hydrogen) atoms. The second-order valence-electron chi connectivity index (χ2n) is 3.02. The fourth-order valence-corrected chi connectivity index (χ4v) is 1.15. The minimum atomic E-state index is -0.147. The second kappa shape index (κ2) is 5.39. The van der Waals surface area contributed by atoms with Gasteiger partial charge in [-0.1, -0.05) is 6.92 Å². The third-order valence-corrected chi connectivity index (χ3v) is 1.92. The Bertz CT molecular complexity index is 323. The van der Waals surface area contributed by atoms with Crippen LogP contribution in [-0.2, 0) is 0 Å². The van der Waals surface area contributed by atoms with E-state index in [1.54, 1.807) is 6.20 Å². The van der Waals surface area contributed by atoms with Crippen LogP contribution in [0.2, 0.25) is 0 Å². The summed E-state index contributed by atoms with van der Waals surface area (Å²) < 4.78 is 0. The molecule has 0 aliphatic heterocycles. The number of aromatic nitrogens is 2. The van der Waals surface area contributed by atoms with E-state index in [9.17, 15) is 4.79 Å². The van der Waals surface area contributed by atoms with Crippen LogP contribution in [0.15, 0.2) is 17.2 Å². The molecule has 0 saturated heterocycles. The number of anilines is 1. The molecule has 0 bridgehead atoms. The van der Waals surface area contributed by atoms with Gasteiger partial charge in [0.15, 0.2) is 5.82 Å². The molecule has 0 aliphatic rings. The van der Waals surface area contributed by atoms with E-state index >= 15 is 0 Å². The fourth-order valence-electron chi connectivity index (χ4n) is 1.15. The molecule has 1 aromatic rings. The van der Waals surface area contributed by atoms with E-state index in [4.69, 9.17) is 0 Å². The van der Waals surface area contributed by atoms with Crippen LogP contribution in [-0.4, -0.2) is 36.6 Å². The smallest absolute Gasteiger partial charge is 0.290 e. The first-order valence-electron chi connectivity index (χ1n) is 4.71. The molecular formula is C9H16N4O. The van der Waals surface area contributed by atoms with Gasteiger partial charge < -0.3 is 15.2 Å². The number of rotatable bonds is 5. The van der Waals surface area contributed by atoms with Gasteiger partial charge in [-0.05, 0) is 6.54 Å². The highest BCUT2D eigenvalue weighted by Gasteiger charge is 2.04. The Morgan fingerprint density at radius 3 is 3.07 bits per heavy atom. The second-order valence-corrected chi connectivity index (χ2v) is 3.02. The van der Waals surface area contributed by atoms with E-state index in [0.29, 0.717) is 5.82 Å². The lowest BCUT2D eigenvalue weighted by atomic mass is 10.5. The van der Waals surface area contributed by atoms with Gasteiger partial charge in [0.2, 0.25) is 0 Å². The van der Waals surface area contributed by atoms with Crippen LogP contribution in [0.1, 0.15) is 6.92 Å². The number of H-pyrrole nitrogens is 1. The van der Waals surface area contributed by atoms with Crippen molar-refractivity contribution in [2.75, 3.05) is 31.6 Å². The molecule has 0 spiro atoms. The lowest BCUT2D eigenvalue weighted by molar-refractivity contribution is 0.700. The third kappa shape index (κ3) is 2.85. The van der Waals surface area contributed by atoms with E-state index in [-0.39, 0.29) is 5.56 Å². The molecule has 0 aromatic carbocycles. The van der Waals surface area contributed by atoms with Crippen molar-refractivity contribution in [2.24, 2.45) is 0 Å². The molecule has 0 aliphatic carbocycles. The van der Waals surface area contributed by atoms with Gasteiger partial charge >= 0.3 is 0 Å². The molecule has 0 amide bonds. The largest absolute Gasteiger partial charge is 0.354 e. The molecule has 78 valence electrons. The van der Waals surface area contributed by atoms with E-state index < -0.39 is 0 Å². The standard InChI is InChI=1S/C9H16N4O/c1-3-10-6-7-13(2)8-9(14)12-5-4-11-8/h4-5,10H,3,6-7H2,1-2H3,(H,12,14). The van der Waals surface area contributed by atoms with E-state index in [0.717, 1.165) is 19.6 Å². The molecule has 0 fully saturated rings. The highest BCUT2D eigenvalue weighted by Crippen LogP contribution is 1.96. The molecule has 0 atom stereocenters. The van der Waals surface area contributed by atoms with E-state index in [2.05, 4.69) is 15.3 Å². The lowest BCUT2D eigenvalue weighted by Crippen LogP contribution is -2.33. The van der Waals surface area contributed by atoms with Crippen LogP contribution in [0, 0.1) is 0 Å². The van der Waals surface area contributed by atoms with E-state index in [1.807, 2.05) is 18.9 Å². The third-order valence-electron chi connectivity index (χ3n) is 1.92. The lowest BCUT2D eigenvalue weighted by Gasteiger charge is -2.16. The summed E-state index contributed by atoms with van der Waals surface area (Å²) in [5.41, 5.74) is -0.147. The number of aromatic amines is 1. The summed E-state index contributed by atoms with van der Waals surface area (Å²) in [5.74, 6) is 0.463. The Balaban J connectivity index is 2.56. The summed E-state index contributed by atoms with van der Waals surface area (Å²) in [7, 11) is 1.86. The fraction of sp³-hybridized carbons (Fsp3) is 0.556. The van der Waals surface area contributed by atoms with Crippen LogP contribution >= 0.6 is 0 Å². The van der Waals surface area contributed by atoms with Crippen LogP contribution in [0.3, 0.4) is 0 Å². The maximum atomic E-state index is 11.3. The van der Waals surface area contributed by atoms with Gasteiger partial charge in [0.05, 0.1) is 0 Å². The van der Waals surface area contributed by atoms with Crippen molar-refractivity contribution in [3.8, 4) is 0 Å². The highest BCUT2D eigenvalue weighted by atomic mass is 16.1. The van der Waals surface area contributed by atoms with Crippen molar-refractivity contribution in [3.05, 3.63) is 22.7 Å². The first-order valence-corrected chi connectivity index (χ1v) is 4.71. The molecule has 0 radical (unpaired) electrons. The zero-order valence-corrected chi connectivity index (χ0v) is 8.58. The molecular weight excluding hydrogens is 180 g/mol. The molecule has 0 unspecified atom stereocenters. The summed E-state index contributed by atoms with van der Waals surface area (Å²) >= 11 is 0. The highest BCUT2D eigenvalue weighted by molar-refractivity contribution is 5.33. The van der Waals surface area contributed by atoms with Crippen molar-refractivity contribution >= 4 is 5.82 Å². The number of likely N-dealkylation sites (N-methyl/N-ethyl adjacent to an activating group) is 2. The van der Waals surface area contributed by atoms with Crippen LogP contribution in [0.5, 0.6) is 0 Å².